The molecular formula is C11H13Cl2N5O5. The molecular weight excluding hydrogens is 353 g/mol. The van der Waals surface area contributed by atoms with E-state index in [0.29, 0.717) is 0 Å². The van der Waals surface area contributed by atoms with Crippen LogP contribution < -0.4 is 10.9 Å². The average molecular weight is 366 g/mol. The minimum absolute atomic E-state index is 0.189. The molecule has 0 saturated carbocycles. The highest BCUT2D eigenvalue weighted by molar-refractivity contribution is 6.18. The highest BCUT2D eigenvalue weighted by Gasteiger charge is 2.27. The van der Waals surface area contributed by atoms with Crippen LogP contribution in [0.1, 0.15) is 10.4 Å². The van der Waals surface area contributed by atoms with Gasteiger partial charge in [-0.3, -0.25) is 25.0 Å². The Morgan fingerprint density at radius 1 is 1.09 bits per heavy atom. The number of non-ortho nitro benzene ring substituents is 1. The van der Waals surface area contributed by atoms with Crippen LogP contribution in [-0.2, 0) is 0 Å². The molecule has 12 heteroatoms. The van der Waals surface area contributed by atoms with Gasteiger partial charge in [-0.1, -0.05) is 0 Å². The molecule has 126 valence electrons. The second kappa shape index (κ2) is 9.20. The number of amides is 1. The summed E-state index contributed by atoms with van der Waals surface area (Å²) in [4.78, 5) is 32.6. The van der Waals surface area contributed by atoms with Gasteiger partial charge in [0.25, 0.3) is 17.3 Å². The Kier molecular flexibility index (Phi) is 7.62. The Morgan fingerprint density at radius 2 is 1.65 bits per heavy atom. The Bertz CT molecular complexity index is 592. The van der Waals surface area contributed by atoms with Gasteiger partial charge in [-0.05, 0) is 6.07 Å². The number of alkyl halides is 2. The fourth-order valence-electron chi connectivity index (χ4n) is 1.59. The number of hydrogen-bond donors (Lipinski definition) is 2. The summed E-state index contributed by atoms with van der Waals surface area (Å²) in [5, 5.41) is 22.7. The summed E-state index contributed by atoms with van der Waals surface area (Å²) >= 11 is 11.1. The van der Waals surface area contributed by atoms with Crippen molar-refractivity contribution in [1.29, 1.82) is 0 Å². The number of nitrogens with one attached hydrogen (secondary N) is 2. The van der Waals surface area contributed by atoms with E-state index >= 15 is 0 Å². The summed E-state index contributed by atoms with van der Waals surface area (Å²) in [6.45, 7) is 0.423. The number of hydrogen-bond acceptors (Lipinski definition) is 7. The van der Waals surface area contributed by atoms with E-state index in [1.54, 1.807) is 0 Å². The molecule has 23 heavy (non-hydrogen) atoms. The average Bonchev–Trinajstić information content (AvgIpc) is 2.53. The van der Waals surface area contributed by atoms with Gasteiger partial charge in [0.05, 0.1) is 15.9 Å². The van der Waals surface area contributed by atoms with Crippen molar-refractivity contribution in [3.8, 4) is 0 Å². The smallest absolute Gasteiger partial charge is 0.266 e. The van der Waals surface area contributed by atoms with Crippen molar-refractivity contribution in [2.75, 3.05) is 24.8 Å². The maximum atomic E-state index is 12.4. The van der Waals surface area contributed by atoms with Crippen molar-refractivity contribution in [2.24, 2.45) is 0 Å². The Hall–Kier alpha value is -2.01. The zero-order chi connectivity index (χ0) is 17.4. The second-order valence-corrected chi connectivity index (χ2v) is 4.81. The first-order valence-electron chi connectivity index (χ1n) is 6.28. The molecule has 10 nitrogen and oxygen atoms in total. The van der Waals surface area contributed by atoms with E-state index in [4.69, 9.17) is 23.2 Å². The van der Waals surface area contributed by atoms with Crippen LogP contribution in [0.25, 0.3) is 0 Å². The molecule has 0 radical (unpaired) electrons. The van der Waals surface area contributed by atoms with Crippen molar-refractivity contribution in [3.63, 3.8) is 0 Å². The number of benzene rings is 1. The molecule has 0 atom stereocenters. The quantitative estimate of drug-likeness (QED) is 0.384. The molecule has 0 aliphatic rings. The van der Waals surface area contributed by atoms with Gasteiger partial charge < -0.3 is 0 Å². The van der Waals surface area contributed by atoms with Gasteiger partial charge in [-0.25, -0.2) is 16.0 Å². The van der Waals surface area contributed by atoms with Crippen LogP contribution >= 0.6 is 23.2 Å². The maximum absolute atomic E-state index is 12.4. The molecule has 0 bridgehead atoms. The molecule has 1 rings (SSSR count). The Balaban J connectivity index is 3.16. The summed E-state index contributed by atoms with van der Waals surface area (Å²) < 4.78 is 0. The lowest BCUT2D eigenvalue weighted by molar-refractivity contribution is -0.394. The number of nitrogens with zero attached hydrogens (tertiary/aromatic N) is 3. The van der Waals surface area contributed by atoms with Crippen LogP contribution in [0.2, 0.25) is 0 Å². The number of carbonyl (C=O) groups excluding carboxylic acids is 1. The van der Waals surface area contributed by atoms with Gasteiger partial charge >= 0.3 is 0 Å². The van der Waals surface area contributed by atoms with E-state index in [2.05, 4.69) is 10.9 Å². The molecule has 0 saturated heterocycles. The van der Waals surface area contributed by atoms with Gasteiger partial charge in [0.2, 0.25) is 0 Å². The third-order valence-corrected chi connectivity index (χ3v) is 2.93. The minimum Gasteiger partial charge on any atom is -0.266 e. The highest BCUT2D eigenvalue weighted by atomic mass is 35.5. The normalized spacial score (nSPS) is 10.3. The highest BCUT2D eigenvalue weighted by Crippen LogP contribution is 2.25. The molecule has 0 aliphatic carbocycles. The van der Waals surface area contributed by atoms with Gasteiger partial charge in [0.15, 0.2) is 0 Å². The molecule has 0 spiro atoms. The summed E-state index contributed by atoms with van der Waals surface area (Å²) in [7, 11) is 0. The molecule has 2 N–H and O–H groups in total. The zero-order valence-corrected chi connectivity index (χ0v) is 13.2. The lowest BCUT2D eigenvalue weighted by Crippen LogP contribution is -2.53. The summed E-state index contributed by atoms with van der Waals surface area (Å²) in [5.74, 6) is -0.412. The van der Waals surface area contributed by atoms with Crippen molar-refractivity contribution < 1.29 is 14.6 Å². The zero-order valence-electron chi connectivity index (χ0n) is 11.7. The number of nitro groups is 2. The molecule has 0 aromatic heterocycles. The molecule has 1 amide bonds. The fourth-order valence-corrected chi connectivity index (χ4v) is 1.76. The van der Waals surface area contributed by atoms with Crippen LogP contribution in [-0.4, -0.2) is 45.7 Å². The van der Waals surface area contributed by atoms with E-state index in [9.17, 15) is 25.0 Å². The number of rotatable bonds is 9. The van der Waals surface area contributed by atoms with Gasteiger partial charge in [0.1, 0.15) is 5.56 Å². The third kappa shape index (κ3) is 5.28. The fraction of sp³-hybridized carbons (Fsp3) is 0.364. The summed E-state index contributed by atoms with van der Waals surface area (Å²) in [6.07, 6.45) is 0. The number of nitro benzene ring substituents is 2. The number of carbonyl (C=O) groups is 1. The van der Waals surface area contributed by atoms with Gasteiger partial charge in [-0.2, -0.15) is 0 Å². The summed E-state index contributed by atoms with van der Waals surface area (Å²) in [5.41, 5.74) is 3.79. The Morgan fingerprint density at radius 3 is 2.09 bits per heavy atom. The van der Waals surface area contributed by atoms with Crippen molar-refractivity contribution >= 4 is 40.5 Å². The van der Waals surface area contributed by atoms with Gasteiger partial charge in [0, 0.05) is 30.9 Å². The van der Waals surface area contributed by atoms with Crippen LogP contribution in [0.5, 0.6) is 0 Å². The van der Waals surface area contributed by atoms with Gasteiger partial charge in [-0.15, -0.1) is 23.2 Å². The summed E-state index contributed by atoms with van der Waals surface area (Å²) in [6, 6.07) is 2.77. The molecule has 1 aromatic carbocycles. The monoisotopic (exact) mass is 365 g/mol. The van der Waals surface area contributed by atoms with E-state index < -0.39 is 27.1 Å². The predicted octanol–water partition coefficient (Wildman–Crippen LogP) is 1.43. The molecule has 0 aliphatic heterocycles. The lowest BCUT2D eigenvalue weighted by Gasteiger charge is -2.23. The van der Waals surface area contributed by atoms with Crippen molar-refractivity contribution in [1.82, 2.24) is 16.0 Å². The number of hydrazine groups is 2. The van der Waals surface area contributed by atoms with Crippen molar-refractivity contribution in [2.45, 2.75) is 0 Å². The Labute approximate surface area is 140 Å². The number of halogens is 2. The lowest BCUT2D eigenvalue weighted by atomic mass is 10.1. The largest absolute Gasteiger partial charge is 0.289 e. The topological polar surface area (TPSA) is 131 Å². The third-order valence-electron chi connectivity index (χ3n) is 2.55. The second-order valence-electron chi connectivity index (χ2n) is 4.05. The van der Waals surface area contributed by atoms with Crippen LogP contribution in [0.4, 0.5) is 11.4 Å². The van der Waals surface area contributed by atoms with Crippen LogP contribution in [0.15, 0.2) is 18.2 Å². The molecule has 0 unspecified atom stereocenters. The molecule has 0 heterocycles. The van der Waals surface area contributed by atoms with E-state index in [1.807, 2.05) is 0 Å². The van der Waals surface area contributed by atoms with Crippen LogP contribution in [0, 0.1) is 20.2 Å². The minimum atomic E-state index is -0.860. The first kappa shape index (κ1) is 19.0. The molecule has 1 aromatic rings. The standard InChI is InChI=1S/C11H13Cl2N5O5/c12-3-5-14-16(15-6-4-13)11(19)9-2-1-8(17(20)21)7-10(9)18(22)23/h1-2,7,14-15H,3-6H2. The van der Waals surface area contributed by atoms with E-state index in [-0.39, 0.29) is 30.4 Å². The maximum Gasteiger partial charge on any atom is 0.289 e. The first-order valence-corrected chi connectivity index (χ1v) is 7.35. The van der Waals surface area contributed by atoms with Crippen LogP contribution in [0.3, 0.4) is 0 Å². The van der Waals surface area contributed by atoms with E-state index in [1.165, 1.54) is 0 Å². The van der Waals surface area contributed by atoms with Crippen molar-refractivity contribution in [3.05, 3.63) is 44.0 Å². The predicted molar refractivity (Wildman–Crippen MR) is 83.4 cm³/mol. The first-order chi connectivity index (χ1) is 10.9. The molecule has 0 fully saturated rings. The van der Waals surface area contributed by atoms with E-state index in [0.717, 1.165) is 23.3 Å². The SMILES string of the molecule is O=C(c1ccc([N+](=O)[O-])cc1[N+](=O)[O-])N(NCCCl)NCCCl.